The normalized spacial score (nSPS) is 10.2. The molecule has 0 unspecified atom stereocenters. The molecule has 1 N–H and O–H groups in total. The molecule has 0 saturated heterocycles. The fourth-order valence-corrected chi connectivity index (χ4v) is 1.44. The third kappa shape index (κ3) is 4.04. The van der Waals surface area contributed by atoms with Crippen molar-refractivity contribution < 1.29 is 14.5 Å². The molecule has 1 aromatic carbocycles. The monoisotopic (exact) mass is 252 g/mol. The number of nitrogens with zero attached hydrogens (tertiary/aromatic N) is 1. The van der Waals surface area contributed by atoms with Crippen molar-refractivity contribution in [2.75, 3.05) is 6.61 Å². The number of hydrogen-bond donors (Lipinski definition) is 1. The van der Waals surface area contributed by atoms with E-state index in [2.05, 4.69) is 5.32 Å². The SMILES string of the molecule is Cc1cc(OCC(=O)NC(C)C)ccc1[N+](=O)[O-]. The Bertz CT molecular complexity index is 457. The van der Waals surface area contributed by atoms with E-state index < -0.39 is 4.92 Å². The van der Waals surface area contributed by atoms with Crippen molar-refractivity contribution in [2.24, 2.45) is 0 Å². The van der Waals surface area contributed by atoms with E-state index in [9.17, 15) is 14.9 Å². The van der Waals surface area contributed by atoms with Gasteiger partial charge in [0.05, 0.1) is 4.92 Å². The molecule has 6 heteroatoms. The van der Waals surface area contributed by atoms with Crippen molar-refractivity contribution in [1.29, 1.82) is 0 Å². The van der Waals surface area contributed by atoms with Crippen LogP contribution in [-0.2, 0) is 4.79 Å². The fourth-order valence-electron chi connectivity index (χ4n) is 1.44. The van der Waals surface area contributed by atoms with E-state index >= 15 is 0 Å². The maximum atomic E-state index is 11.3. The Morgan fingerprint density at radius 1 is 1.50 bits per heavy atom. The zero-order valence-electron chi connectivity index (χ0n) is 10.6. The van der Waals surface area contributed by atoms with Gasteiger partial charge in [-0.2, -0.15) is 0 Å². The van der Waals surface area contributed by atoms with Crippen molar-refractivity contribution in [3.05, 3.63) is 33.9 Å². The van der Waals surface area contributed by atoms with E-state index in [4.69, 9.17) is 4.74 Å². The first-order valence-corrected chi connectivity index (χ1v) is 5.57. The first-order chi connectivity index (χ1) is 8.40. The summed E-state index contributed by atoms with van der Waals surface area (Å²) >= 11 is 0. The molecule has 98 valence electrons. The number of ether oxygens (including phenoxy) is 1. The maximum Gasteiger partial charge on any atom is 0.272 e. The molecule has 18 heavy (non-hydrogen) atoms. The lowest BCUT2D eigenvalue weighted by atomic mass is 10.2. The zero-order chi connectivity index (χ0) is 13.7. The van der Waals surface area contributed by atoms with Crippen molar-refractivity contribution in [3.63, 3.8) is 0 Å². The summed E-state index contributed by atoms with van der Waals surface area (Å²) in [5.74, 6) is 0.220. The molecule has 0 bridgehead atoms. The summed E-state index contributed by atoms with van der Waals surface area (Å²) in [6.07, 6.45) is 0. The van der Waals surface area contributed by atoms with Gasteiger partial charge in [0.25, 0.3) is 11.6 Å². The van der Waals surface area contributed by atoms with Crippen LogP contribution in [-0.4, -0.2) is 23.5 Å². The molecule has 0 spiro atoms. The molecule has 0 aliphatic heterocycles. The molecule has 0 aliphatic rings. The van der Waals surface area contributed by atoms with Crippen LogP contribution in [0.5, 0.6) is 5.75 Å². The van der Waals surface area contributed by atoms with E-state index in [1.54, 1.807) is 13.0 Å². The van der Waals surface area contributed by atoms with Crippen LogP contribution in [0.2, 0.25) is 0 Å². The minimum absolute atomic E-state index is 0.0361. The summed E-state index contributed by atoms with van der Waals surface area (Å²) in [7, 11) is 0. The maximum absolute atomic E-state index is 11.3. The molecule has 0 atom stereocenters. The van der Waals surface area contributed by atoms with Gasteiger partial charge in [-0.1, -0.05) is 0 Å². The number of nitrogens with one attached hydrogen (secondary N) is 1. The van der Waals surface area contributed by atoms with Gasteiger partial charge in [0, 0.05) is 17.7 Å². The van der Waals surface area contributed by atoms with E-state index in [1.165, 1.54) is 12.1 Å². The number of carbonyl (C=O) groups excluding carboxylic acids is 1. The second-order valence-electron chi connectivity index (χ2n) is 4.22. The molecule has 1 amide bonds. The van der Waals surface area contributed by atoms with E-state index in [-0.39, 0.29) is 24.2 Å². The molecule has 0 aliphatic carbocycles. The Morgan fingerprint density at radius 2 is 2.17 bits per heavy atom. The Kier molecular flexibility index (Phi) is 4.65. The molecule has 0 heterocycles. The molecule has 6 nitrogen and oxygen atoms in total. The van der Waals surface area contributed by atoms with Gasteiger partial charge in [0.1, 0.15) is 5.75 Å². The van der Waals surface area contributed by atoms with Crippen LogP contribution >= 0.6 is 0 Å². The summed E-state index contributed by atoms with van der Waals surface area (Å²) < 4.78 is 5.25. The average molecular weight is 252 g/mol. The number of amides is 1. The van der Waals surface area contributed by atoms with Crippen LogP contribution in [0, 0.1) is 17.0 Å². The Hall–Kier alpha value is -2.11. The lowest BCUT2D eigenvalue weighted by Crippen LogP contribution is -2.34. The molecule has 0 saturated carbocycles. The second kappa shape index (κ2) is 6.00. The van der Waals surface area contributed by atoms with Crippen LogP contribution in [0.1, 0.15) is 19.4 Å². The van der Waals surface area contributed by atoms with Crippen molar-refractivity contribution in [1.82, 2.24) is 5.32 Å². The topological polar surface area (TPSA) is 81.5 Å². The van der Waals surface area contributed by atoms with Crippen LogP contribution in [0.25, 0.3) is 0 Å². The number of nitro benzene ring substituents is 1. The highest BCUT2D eigenvalue weighted by atomic mass is 16.6. The molecular formula is C12H16N2O4. The molecule has 0 radical (unpaired) electrons. The minimum atomic E-state index is -0.454. The van der Waals surface area contributed by atoms with E-state index in [0.717, 1.165) is 0 Å². The summed E-state index contributed by atoms with van der Waals surface area (Å²) in [4.78, 5) is 21.5. The van der Waals surface area contributed by atoms with E-state index in [0.29, 0.717) is 11.3 Å². The third-order valence-electron chi connectivity index (χ3n) is 2.18. The molecule has 0 fully saturated rings. The summed E-state index contributed by atoms with van der Waals surface area (Å²) in [6.45, 7) is 5.23. The molecule has 1 rings (SSSR count). The standard InChI is InChI=1S/C12H16N2O4/c1-8(2)13-12(15)7-18-10-4-5-11(14(16)17)9(3)6-10/h4-6,8H,7H2,1-3H3,(H,13,15). The summed E-state index contributed by atoms with van der Waals surface area (Å²) in [5, 5.41) is 13.3. The largest absolute Gasteiger partial charge is 0.484 e. The number of nitro groups is 1. The van der Waals surface area contributed by atoms with Gasteiger partial charge in [0.15, 0.2) is 6.61 Å². The van der Waals surface area contributed by atoms with Crippen LogP contribution in [0.15, 0.2) is 18.2 Å². The zero-order valence-corrected chi connectivity index (χ0v) is 10.6. The first kappa shape index (κ1) is 14.0. The number of carbonyl (C=O) groups is 1. The highest BCUT2D eigenvalue weighted by Gasteiger charge is 2.11. The van der Waals surface area contributed by atoms with Gasteiger partial charge >= 0.3 is 0 Å². The Morgan fingerprint density at radius 3 is 2.67 bits per heavy atom. The van der Waals surface area contributed by atoms with E-state index in [1.807, 2.05) is 13.8 Å². The number of hydrogen-bond acceptors (Lipinski definition) is 4. The van der Waals surface area contributed by atoms with Crippen LogP contribution in [0.4, 0.5) is 5.69 Å². The fraction of sp³-hybridized carbons (Fsp3) is 0.417. The minimum Gasteiger partial charge on any atom is -0.484 e. The lowest BCUT2D eigenvalue weighted by molar-refractivity contribution is -0.385. The predicted molar refractivity (Wildman–Crippen MR) is 66.6 cm³/mol. The molecule has 1 aromatic rings. The van der Waals surface area contributed by atoms with Gasteiger partial charge in [0.2, 0.25) is 0 Å². The Balaban J connectivity index is 2.61. The summed E-state index contributed by atoms with van der Waals surface area (Å²) in [6, 6.07) is 4.44. The van der Waals surface area contributed by atoms with Crippen LogP contribution in [0.3, 0.4) is 0 Å². The van der Waals surface area contributed by atoms with Gasteiger partial charge < -0.3 is 10.1 Å². The van der Waals surface area contributed by atoms with Crippen molar-refractivity contribution in [2.45, 2.75) is 26.8 Å². The Labute approximate surface area is 105 Å². The first-order valence-electron chi connectivity index (χ1n) is 5.57. The van der Waals surface area contributed by atoms with Crippen LogP contribution < -0.4 is 10.1 Å². The number of aryl methyl sites for hydroxylation is 1. The quantitative estimate of drug-likeness (QED) is 0.640. The third-order valence-corrected chi connectivity index (χ3v) is 2.18. The predicted octanol–water partition coefficient (Wildman–Crippen LogP) is 1.81. The van der Waals surface area contributed by atoms with Crippen molar-refractivity contribution >= 4 is 11.6 Å². The van der Waals surface area contributed by atoms with Gasteiger partial charge in [-0.25, -0.2) is 0 Å². The average Bonchev–Trinajstić information content (AvgIpc) is 2.25. The highest BCUT2D eigenvalue weighted by molar-refractivity contribution is 5.77. The summed E-state index contributed by atoms with van der Waals surface area (Å²) in [5.41, 5.74) is 0.538. The molecular weight excluding hydrogens is 236 g/mol. The highest BCUT2D eigenvalue weighted by Crippen LogP contribution is 2.22. The smallest absolute Gasteiger partial charge is 0.272 e. The van der Waals surface area contributed by atoms with Gasteiger partial charge in [-0.15, -0.1) is 0 Å². The number of benzene rings is 1. The number of rotatable bonds is 5. The van der Waals surface area contributed by atoms with Crippen molar-refractivity contribution in [3.8, 4) is 5.75 Å². The van der Waals surface area contributed by atoms with Gasteiger partial charge in [-0.3, -0.25) is 14.9 Å². The molecule has 0 aromatic heterocycles. The second-order valence-corrected chi connectivity index (χ2v) is 4.22. The lowest BCUT2D eigenvalue weighted by Gasteiger charge is -2.10. The van der Waals surface area contributed by atoms with Gasteiger partial charge in [-0.05, 0) is 32.9 Å².